The zero-order valence-corrected chi connectivity index (χ0v) is 18.1. The van der Waals surface area contributed by atoms with Crippen LogP contribution in [0.3, 0.4) is 0 Å². The van der Waals surface area contributed by atoms with Gasteiger partial charge in [-0.1, -0.05) is 12.1 Å². The van der Waals surface area contributed by atoms with Crippen LogP contribution in [-0.4, -0.2) is 36.2 Å². The summed E-state index contributed by atoms with van der Waals surface area (Å²) in [5, 5.41) is 18.7. The summed E-state index contributed by atoms with van der Waals surface area (Å²) in [4.78, 5) is 26.9. The first-order chi connectivity index (χ1) is 15.9. The number of imidazole rings is 1. The Morgan fingerprint density at radius 2 is 1.82 bits per heavy atom. The third-order valence-corrected chi connectivity index (χ3v) is 5.58. The van der Waals surface area contributed by atoms with Crippen molar-refractivity contribution in [2.24, 2.45) is 5.73 Å². The van der Waals surface area contributed by atoms with E-state index in [0.717, 1.165) is 33.9 Å². The second-order valence-electron chi connectivity index (χ2n) is 7.72. The number of aromatic nitrogens is 3. The summed E-state index contributed by atoms with van der Waals surface area (Å²) in [7, 11) is 0. The van der Waals surface area contributed by atoms with Crippen molar-refractivity contribution in [3.63, 3.8) is 0 Å². The number of rotatable bonds is 8. The van der Waals surface area contributed by atoms with Crippen molar-refractivity contribution in [2.75, 3.05) is 0 Å². The van der Waals surface area contributed by atoms with Crippen molar-refractivity contribution >= 4 is 11.9 Å². The van der Waals surface area contributed by atoms with E-state index in [1.54, 1.807) is 24.5 Å². The van der Waals surface area contributed by atoms with Gasteiger partial charge in [0.25, 0.3) is 0 Å². The molecule has 2 heterocycles. The summed E-state index contributed by atoms with van der Waals surface area (Å²) in [6, 6.07) is 16.9. The second kappa shape index (κ2) is 9.13. The zero-order valence-electron chi connectivity index (χ0n) is 18.1. The fourth-order valence-corrected chi connectivity index (χ4v) is 3.96. The standard InChI is InChI=1S/C25H24N4O4/c1-16-14-18(25(26)33)4-9-21(16)29-20(8-11-24(31)32)7-10-22(29)17-2-5-19(6-3-17)28-13-12-27-23(28)15-30/h2-7,9-10,12-14,30H,8,11,15H2,1H3,(H2,26,33)(H,31,32). The number of aliphatic hydroxyl groups is 1. The highest BCUT2D eigenvalue weighted by Crippen LogP contribution is 2.30. The molecule has 4 aromatic rings. The first-order valence-electron chi connectivity index (χ1n) is 10.5. The Labute approximate surface area is 190 Å². The Hall–Kier alpha value is -4.17. The Balaban J connectivity index is 1.79. The topological polar surface area (TPSA) is 123 Å². The molecule has 0 aliphatic heterocycles. The van der Waals surface area contributed by atoms with Crippen LogP contribution in [0.15, 0.2) is 67.0 Å². The minimum atomic E-state index is -0.866. The molecule has 0 aliphatic rings. The van der Waals surface area contributed by atoms with E-state index >= 15 is 0 Å². The number of benzene rings is 2. The molecule has 168 valence electrons. The first kappa shape index (κ1) is 22.0. The van der Waals surface area contributed by atoms with Crippen LogP contribution in [-0.2, 0) is 17.8 Å². The molecular weight excluding hydrogens is 420 g/mol. The summed E-state index contributed by atoms with van der Waals surface area (Å²) in [5.74, 6) is -0.817. The van der Waals surface area contributed by atoms with Crippen molar-refractivity contribution < 1.29 is 19.8 Å². The van der Waals surface area contributed by atoms with Crippen molar-refractivity contribution in [1.82, 2.24) is 14.1 Å². The largest absolute Gasteiger partial charge is 0.481 e. The van der Waals surface area contributed by atoms with Gasteiger partial charge < -0.3 is 25.1 Å². The third-order valence-electron chi connectivity index (χ3n) is 5.58. The number of nitrogens with zero attached hydrogens (tertiary/aromatic N) is 3. The molecule has 0 saturated carbocycles. The maximum Gasteiger partial charge on any atom is 0.303 e. The SMILES string of the molecule is Cc1cc(C(N)=O)ccc1-n1c(CCC(=O)O)ccc1-c1ccc(-n2ccnc2CO)cc1. The van der Waals surface area contributed by atoms with Crippen LogP contribution in [0.2, 0.25) is 0 Å². The van der Waals surface area contributed by atoms with E-state index in [1.807, 2.05) is 58.5 Å². The molecule has 33 heavy (non-hydrogen) atoms. The molecule has 0 saturated heterocycles. The second-order valence-corrected chi connectivity index (χ2v) is 7.72. The Morgan fingerprint density at radius 3 is 2.45 bits per heavy atom. The number of primary amides is 1. The monoisotopic (exact) mass is 444 g/mol. The maximum absolute atomic E-state index is 11.6. The van der Waals surface area contributed by atoms with Gasteiger partial charge in [-0.2, -0.15) is 0 Å². The van der Waals surface area contributed by atoms with Crippen molar-refractivity contribution in [3.8, 4) is 22.6 Å². The number of amides is 1. The number of aryl methyl sites for hydroxylation is 2. The number of nitrogens with two attached hydrogens (primary N) is 1. The van der Waals surface area contributed by atoms with Gasteiger partial charge in [-0.05, 0) is 66.9 Å². The lowest BCUT2D eigenvalue weighted by Gasteiger charge is -2.17. The Morgan fingerprint density at radius 1 is 1.06 bits per heavy atom. The smallest absolute Gasteiger partial charge is 0.303 e. The average molecular weight is 444 g/mol. The lowest BCUT2D eigenvalue weighted by Crippen LogP contribution is -2.12. The van der Waals surface area contributed by atoms with Gasteiger partial charge in [0, 0.05) is 35.0 Å². The molecule has 0 bridgehead atoms. The zero-order chi connectivity index (χ0) is 23.5. The molecule has 0 radical (unpaired) electrons. The van der Waals surface area contributed by atoms with Crippen molar-refractivity contribution in [3.05, 3.63) is 89.6 Å². The van der Waals surface area contributed by atoms with Crippen LogP contribution in [0, 0.1) is 6.92 Å². The molecule has 0 atom stereocenters. The highest BCUT2D eigenvalue weighted by molar-refractivity contribution is 5.93. The molecule has 0 aliphatic carbocycles. The van der Waals surface area contributed by atoms with E-state index < -0.39 is 11.9 Å². The van der Waals surface area contributed by atoms with Crippen LogP contribution in [0.5, 0.6) is 0 Å². The summed E-state index contributed by atoms with van der Waals surface area (Å²) in [6.07, 6.45) is 3.79. The van der Waals surface area contributed by atoms with Gasteiger partial charge in [-0.15, -0.1) is 0 Å². The van der Waals surface area contributed by atoms with Gasteiger partial charge in [0.05, 0.1) is 12.1 Å². The van der Waals surface area contributed by atoms with E-state index in [0.29, 0.717) is 17.8 Å². The lowest BCUT2D eigenvalue weighted by molar-refractivity contribution is -0.136. The predicted octanol–water partition coefficient (Wildman–Crippen LogP) is 3.25. The molecule has 8 heteroatoms. The molecule has 0 spiro atoms. The van der Waals surface area contributed by atoms with Gasteiger partial charge >= 0.3 is 5.97 Å². The highest BCUT2D eigenvalue weighted by atomic mass is 16.4. The van der Waals surface area contributed by atoms with Crippen LogP contribution in [0.4, 0.5) is 0 Å². The molecule has 2 aromatic heterocycles. The molecule has 4 rings (SSSR count). The summed E-state index contributed by atoms with van der Waals surface area (Å²) < 4.78 is 3.84. The Bertz CT molecular complexity index is 1320. The predicted molar refractivity (Wildman–Crippen MR) is 123 cm³/mol. The minimum Gasteiger partial charge on any atom is -0.481 e. The summed E-state index contributed by atoms with van der Waals surface area (Å²) in [6.45, 7) is 1.73. The minimum absolute atomic E-state index is 0.00533. The maximum atomic E-state index is 11.6. The van der Waals surface area contributed by atoms with E-state index in [4.69, 9.17) is 5.73 Å². The molecular formula is C25H24N4O4. The summed E-state index contributed by atoms with van der Waals surface area (Å²) >= 11 is 0. The van der Waals surface area contributed by atoms with Crippen molar-refractivity contribution in [2.45, 2.75) is 26.4 Å². The molecule has 1 amide bonds. The van der Waals surface area contributed by atoms with Gasteiger partial charge in [0.1, 0.15) is 12.4 Å². The third kappa shape index (κ3) is 4.42. The lowest BCUT2D eigenvalue weighted by atomic mass is 10.1. The van der Waals surface area contributed by atoms with E-state index in [1.165, 1.54) is 0 Å². The molecule has 0 fully saturated rings. The molecule has 4 N–H and O–H groups in total. The van der Waals surface area contributed by atoms with Crippen LogP contribution in [0.25, 0.3) is 22.6 Å². The van der Waals surface area contributed by atoms with Crippen LogP contribution in [0.1, 0.15) is 33.9 Å². The number of hydrogen-bond acceptors (Lipinski definition) is 4. The number of aliphatic hydroxyl groups excluding tert-OH is 1. The number of carbonyl (C=O) groups is 2. The van der Waals surface area contributed by atoms with Crippen LogP contribution < -0.4 is 5.73 Å². The van der Waals surface area contributed by atoms with E-state index in [9.17, 15) is 19.8 Å². The Kier molecular flexibility index (Phi) is 6.10. The van der Waals surface area contributed by atoms with Gasteiger partial charge in [0.2, 0.25) is 5.91 Å². The van der Waals surface area contributed by atoms with Crippen LogP contribution >= 0.6 is 0 Å². The van der Waals surface area contributed by atoms with Gasteiger partial charge in [-0.3, -0.25) is 9.59 Å². The fraction of sp³-hybridized carbons (Fsp3) is 0.160. The quantitative estimate of drug-likeness (QED) is 0.385. The number of carboxylic acids is 1. The van der Waals surface area contributed by atoms with Crippen molar-refractivity contribution in [1.29, 1.82) is 0 Å². The molecule has 2 aromatic carbocycles. The van der Waals surface area contributed by atoms with Gasteiger partial charge in [0.15, 0.2) is 0 Å². The highest BCUT2D eigenvalue weighted by Gasteiger charge is 2.16. The average Bonchev–Trinajstić information content (AvgIpc) is 3.44. The van der Waals surface area contributed by atoms with Gasteiger partial charge in [-0.25, -0.2) is 4.98 Å². The number of carboxylic acid groups (broad SMARTS) is 1. The number of aliphatic carboxylic acids is 1. The number of carbonyl (C=O) groups excluding carboxylic acids is 1. The molecule has 8 nitrogen and oxygen atoms in total. The first-order valence-corrected chi connectivity index (χ1v) is 10.5. The fourth-order valence-electron chi connectivity index (χ4n) is 3.96. The van der Waals surface area contributed by atoms with E-state index in [2.05, 4.69) is 4.98 Å². The summed E-state index contributed by atoms with van der Waals surface area (Å²) in [5.41, 5.74) is 11.1. The molecule has 0 unspecified atom stereocenters. The van der Waals surface area contributed by atoms with E-state index in [-0.39, 0.29) is 13.0 Å². The normalized spacial score (nSPS) is 11.0. The number of hydrogen-bond donors (Lipinski definition) is 3.